The maximum absolute atomic E-state index is 12.9. The smallest absolute Gasteiger partial charge is 0.409 e. The topological polar surface area (TPSA) is 66.0 Å². The summed E-state index contributed by atoms with van der Waals surface area (Å²) in [4.78, 5) is 19.2. The Bertz CT molecular complexity index is 604. The first-order valence-corrected chi connectivity index (χ1v) is 10.5. The van der Waals surface area contributed by atoms with Crippen LogP contribution in [0.1, 0.15) is 26.7 Å². The van der Waals surface area contributed by atoms with Crippen LogP contribution in [0.2, 0.25) is 0 Å². The van der Waals surface area contributed by atoms with Crippen LogP contribution >= 0.6 is 11.8 Å². The van der Waals surface area contributed by atoms with Crippen molar-refractivity contribution in [2.75, 3.05) is 38.5 Å². The molecule has 0 atom stereocenters. The van der Waals surface area contributed by atoms with E-state index in [1.165, 1.54) is 12.1 Å². The molecule has 1 saturated heterocycles. The van der Waals surface area contributed by atoms with Gasteiger partial charge in [0.25, 0.3) is 0 Å². The van der Waals surface area contributed by atoms with Gasteiger partial charge >= 0.3 is 6.09 Å². The predicted molar refractivity (Wildman–Crippen MR) is 108 cm³/mol. The van der Waals surface area contributed by atoms with Gasteiger partial charge in [-0.25, -0.2) is 9.18 Å². The molecule has 0 unspecified atom stereocenters. The molecule has 150 valence electrons. The van der Waals surface area contributed by atoms with Gasteiger partial charge in [-0.1, -0.05) is 0 Å². The van der Waals surface area contributed by atoms with E-state index in [1.54, 1.807) is 28.8 Å². The van der Waals surface area contributed by atoms with Crippen LogP contribution in [0.15, 0.2) is 34.2 Å². The summed E-state index contributed by atoms with van der Waals surface area (Å²) in [6, 6.07) is 6.80. The quantitative estimate of drug-likeness (QED) is 0.321. The van der Waals surface area contributed by atoms with Gasteiger partial charge in [-0.2, -0.15) is 0 Å². The Morgan fingerprint density at radius 2 is 2.00 bits per heavy atom. The number of carbonyl (C=O) groups excluding carboxylic acids is 1. The predicted octanol–water partition coefficient (Wildman–Crippen LogP) is 3.09. The van der Waals surface area contributed by atoms with E-state index in [0.29, 0.717) is 32.3 Å². The maximum Gasteiger partial charge on any atom is 0.409 e. The van der Waals surface area contributed by atoms with E-state index >= 15 is 0 Å². The first-order valence-electron chi connectivity index (χ1n) is 9.47. The number of nitrogens with zero attached hydrogens (tertiary/aromatic N) is 2. The Labute approximate surface area is 164 Å². The molecule has 6 nitrogen and oxygen atoms in total. The van der Waals surface area contributed by atoms with Gasteiger partial charge in [0.15, 0.2) is 5.96 Å². The van der Waals surface area contributed by atoms with E-state index < -0.39 is 0 Å². The van der Waals surface area contributed by atoms with Crippen molar-refractivity contribution in [1.29, 1.82) is 0 Å². The second-order valence-corrected chi connectivity index (χ2v) is 7.34. The van der Waals surface area contributed by atoms with E-state index in [9.17, 15) is 9.18 Å². The lowest BCUT2D eigenvalue weighted by atomic mass is 10.1. The zero-order valence-electron chi connectivity index (χ0n) is 16.0. The summed E-state index contributed by atoms with van der Waals surface area (Å²) in [5.41, 5.74) is 0. The monoisotopic (exact) mass is 396 g/mol. The van der Waals surface area contributed by atoms with Gasteiger partial charge in [-0.05, 0) is 51.0 Å². The number of halogens is 1. The molecule has 1 aromatic rings. The van der Waals surface area contributed by atoms with Crippen LogP contribution in [-0.2, 0) is 4.74 Å². The minimum atomic E-state index is -0.227. The molecule has 8 heteroatoms. The Kier molecular flexibility index (Phi) is 9.24. The summed E-state index contributed by atoms with van der Waals surface area (Å²) in [5, 5.41) is 6.72. The Morgan fingerprint density at radius 3 is 2.63 bits per heavy atom. The molecular formula is C19H29FN4O2S. The number of piperidine rings is 1. The number of aliphatic imine (C=N–C) groups is 1. The third-order valence-corrected chi connectivity index (χ3v) is 5.14. The number of guanidine groups is 1. The summed E-state index contributed by atoms with van der Waals surface area (Å²) in [6.45, 7) is 7.10. The molecule has 0 bridgehead atoms. The molecule has 1 aromatic carbocycles. The van der Waals surface area contributed by atoms with E-state index in [-0.39, 0.29) is 11.9 Å². The van der Waals surface area contributed by atoms with Crippen LogP contribution in [0.25, 0.3) is 0 Å². The van der Waals surface area contributed by atoms with E-state index in [1.807, 2.05) is 13.8 Å². The third-order valence-electron chi connectivity index (χ3n) is 4.15. The van der Waals surface area contributed by atoms with Crippen LogP contribution in [-0.4, -0.2) is 61.5 Å². The second kappa shape index (κ2) is 11.7. The summed E-state index contributed by atoms with van der Waals surface area (Å²) in [5.74, 6) is 1.40. The van der Waals surface area contributed by atoms with E-state index in [0.717, 1.165) is 36.0 Å². The molecule has 0 radical (unpaired) electrons. The number of benzene rings is 1. The summed E-state index contributed by atoms with van der Waals surface area (Å²) in [7, 11) is 0. The highest BCUT2D eigenvalue weighted by molar-refractivity contribution is 7.99. The highest BCUT2D eigenvalue weighted by Crippen LogP contribution is 2.17. The highest BCUT2D eigenvalue weighted by Gasteiger charge is 2.23. The van der Waals surface area contributed by atoms with Crippen molar-refractivity contribution >= 4 is 23.8 Å². The fraction of sp³-hybridized carbons (Fsp3) is 0.579. The van der Waals surface area contributed by atoms with Crippen LogP contribution in [0.5, 0.6) is 0 Å². The Morgan fingerprint density at radius 1 is 1.30 bits per heavy atom. The number of thioether (sulfide) groups is 1. The fourth-order valence-corrected chi connectivity index (χ4v) is 3.53. The SMILES string of the molecule is CCNC(=NCCSc1ccc(F)cc1)NC1CCN(C(=O)OCC)CC1. The minimum Gasteiger partial charge on any atom is -0.450 e. The molecule has 1 amide bonds. The number of amides is 1. The van der Waals surface area contributed by atoms with Gasteiger partial charge in [0, 0.05) is 36.3 Å². The summed E-state index contributed by atoms with van der Waals surface area (Å²) < 4.78 is 18.0. The number of hydrogen-bond acceptors (Lipinski definition) is 4. The summed E-state index contributed by atoms with van der Waals surface area (Å²) >= 11 is 1.66. The number of rotatable bonds is 7. The molecule has 1 aliphatic rings. The molecule has 2 N–H and O–H groups in total. The van der Waals surface area contributed by atoms with Gasteiger partial charge in [0.1, 0.15) is 5.82 Å². The molecule has 1 aliphatic heterocycles. The molecule has 1 fully saturated rings. The van der Waals surface area contributed by atoms with Crippen molar-refractivity contribution in [3.8, 4) is 0 Å². The summed E-state index contributed by atoms with van der Waals surface area (Å²) in [6.07, 6.45) is 1.51. The molecule has 2 rings (SSSR count). The molecule has 27 heavy (non-hydrogen) atoms. The zero-order valence-corrected chi connectivity index (χ0v) is 16.9. The average molecular weight is 397 g/mol. The first-order chi connectivity index (χ1) is 13.1. The number of nitrogens with one attached hydrogen (secondary N) is 2. The normalized spacial score (nSPS) is 15.5. The maximum atomic E-state index is 12.9. The van der Waals surface area contributed by atoms with E-state index in [4.69, 9.17) is 4.74 Å². The first kappa shape index (κ1) is 21.3. The molecule has 0 aliphatic carbocycles. The van der Waals surface area contributed by atoms with Gasteiger partial charge in [-0.15, -0.1) is 11.8 Å². The highest BCUT2D eigenvalue weighted by atomic mass is 32.2. The number of carbonyl (C=O) groups is 1. The molecule has 0 aromatic heterocycles. The Hall–Kier alpha value is -1.96. The van der Waals surface area contributed by atoms with Crippen LogP contribution < -0.4 is 10.6 Å². The lowest BCUT2D eigenvalue weighted by molar-refractivity contribution is 0.0963. The standard InChI is InChI=1S/C19H29FN4O2S/c1-3-21-18(22-11-14-27-17-7-5-15(20)6-8-17)23-16-9-12-24(13-10-16)19(25)26-4-2/h5-8,16H,3-4,9-14H2,1-2H3,(H2,21,22,23). The van der Waals surface area contributed by atoms with Gasteiger partial charge in [0.05, 0.1) is 13.2 Å². The lowest BCUT2D eigenvalue weighted by Crippen LogP contribution is -2.50. The zero-order chi connectivity index (χ0) is 19.5. The lowest BCUT2D eigenvalue weighted by Gasteiger charge is -2.32. The third kappa shape index (κ3) is 7.66. The van der Waals surface area contributed by atoms with Crippen molar-refractivity contribution in [2.24, 2.45) is 4.99 Å². The number of ether oxygens (including phenoxy) is 1. The molecule has 0 spiro atoms. The van der Waals surface area contributed by atoms with Crippen molar-refractivity contribution in [3.63, 3.8) is 0 Å². The van der Waals surface area contributed by atoms with Gasteiger partial charge in [-0.3, -0.25) is 4.99 Å². The Balaban J connectivity index is 1.75. The number of hydrogen-bond donors (Lipinski definition) is 2. The van der Waals surface area contributed by atoms with Crippen LogP contribution in [0, 0.1) is 5.82 Å². The molecule has 1 heterocycles. The van der Waals surface area contributed by atoms with Gasteiger partial charge in [0.2, 0.25) is 0 Å². The minimum absolute atomic E-state index is 0.218. The van der Waals surface area contributed by atoms with Crippen molar-refractivity contribution < 1.29 is 13.9 Å². The molecular weight excluding hydrogens is 367 g/mol. The fourth-order valence-electron chi connectivity index (χ4n) is 2.79. The molecule has 0 saturated carbocycles. The second-order valence-electron chi connectivity index (χ2n) is 6.17. The largest absolute Gasteiger partial charge is 0.450 e. The van der Waals surface area contributed by atoms with Crippen molar-refractivity contribution in [3.05, 3.63) is 30.1 Å². The number of likely N-dealkylation sites (tertiary alicyclic amines) is 1. The average Bonchev–Trinajstić information content (AvgIpc) is 2.67. The van der Waals surface area contributed by atoms with E-state index in [2.05, 4.69) is 15.6 Å². The van der Waals surface area contributed by atoms with Crippen molar-refractivity contribution in [1.82, 2.24) is 15.5 Å². The van der Waals surface area contributed by atoms with Crippen LogP contribution in [0.4, 0.5) is 9.18 Å². The van der Waals surface area contributed by atoms with Gasteiger partial charge < -0.3 is 20.3 Å². The van der Waals surface area contributed by atoms with Crippen LogP contribution in [0.3, 0.4) is 0 Å². The van der Waals surface area contributed by atoms with Crippen molar-refractivity contribution in [2.45, 2.75) is 37.6 Å².